The van der Waals surface area contributed by atoms with Gasteiger partial charge in [-0.05, 0) is 37.3 Å². The van der Waals surface area contributed by atoms with Crippen LogP contribution in [-0.2, 0) is 16.0 Å². The zero-order chi connectivity index (χ0) is 17.2. The standard InChI is InChI=1S/C16H24ClN5O2/c1-2-8-21-9-3-6-16(14(21)24)7-10-22(11-16)13(23)5-4-12-18-15(17)20-19-12/h2-11H2,1H3,(H,18,19,20). The Morgan fingerprint density at radius 3 is 2.92 bits per heavy atom. The highest BCUT2D eigenvalue weighted by atomic mass is 35.5. The van der Waals surface area contributed by atoms with Crippen molar-refractivity contribution in [1.82, 2.24) is 25.0 Å². The number of likely N-dealkylation sites (tertiary alicyclic amines) is 2. The fraction of sp³-hybridized carbons (Fsp3) is 0.750. The minimum Gasteiger partial charge on any atom is -0.342 e. The lowest BCUT2D eigenvalue weighted by Gasteiger charge is -2.39. The van der Waals surface area contributed by atoms with Crippen LogP contribution in [0.25, 0.3) is 0 Å². The fourth-order valence-corrected chi connectivity index (χ4v) is 4.01. The van der Waals surface area contributed by atoms with Crippen LogP contribution in [0.2, 0.25) is 5.28 Å². The molecule has 2 aliphatic heterocycles. The normalized spacial score (nSPS) is 24.2. The lowest BCUT2D eigenvalue weighted by atomic mass is 9.78. The Kier molecular flexibility index (Phi) is 5.08. The maximum absolute atomic E-state index is 12.8. The van der Waals surface area contributed by atoms with Crippen LogP contribution in [0.5, 0.6) is 0 Å². The smallest absolute Gasteiger partial charge is 0.242 e. The van der Waals surface area contributed by atoms with Crippen LogP contribution in [0.3, 0.4) is 0 Å². The van der Waals surface area contributed by atoms with Crippen LogP contribution < -0.4 is 0 Å². The molecule has 0 aliphatic carbocycles. The molecular weight excluding hydrogens is 330 g/mol. The molecule has 2 fully saturated rings. The summed E-state index contributed by atoms with van der Waals surface area (Å²) in [7, 11) is 0. The SMILES string of the molecule is CCCN1CCCC2(CCN(C(=O)CCc3nc(Cl)n[nH]3)C2)C1=O. The number of carbonyl (C=O) groups excluding carboxylic acids is 2. The molecule has 1 N–H and O–H groups in total. The second-order valence-corrected chi connectivity index (χ2v) is 7.13. The van der Waals surface area contributed by atoms with Gasteiger partial charge in [-0.25, -0.2) is 4.98 Å². The molecule has 24 heavy (non-hydrogen) atoms. The summed E-state index contributed by atoms with van der Waals surface area (Å²) in [5.74, 6) is 0.929. The second-order valence-electron chi connectivity index (χ2n) is 6.79. The van der Waals surface area contributed by atoms with E-state index >= 15 is 0 Å². The van der Waals surface area contributed by atoms with Crippen LogP contribution >= 0.6 is 11.6 Å². The summed E-state index contributed by atoms with van der Waals surface area (Å²) >= 11 is 5.66. The van der Waals surface area contributed by atoms with Crippen LogP contribution in [0.15, 0.2) is 0 Å². The van der Waals surface area contributed by atoms with E-state index in [0.717, 1.165) is 38.8 Å². The van der Waals surface area contributed by atoms with E-state index in [0.29, 0.717) is 31.8 Å². The number of nitrogens with zero attached hydrogens (tertiary/aromatic N) is 4. The molecule has 0 radical (unpaired) electrons. The minimum atomic E-state index is -0.349. The molecule has 8 heteroatoms. The summed E-state index contributed by atoms with van der Waals surface area (Å²) < 4.78 is 0. The Hall–Kier alpha value is -1.63. The van der Waals surface area contributed by atoms with E-state index in [1.807, 2.05) is 9.80 Å². The van der Waals surface area contributed by atoms with Gasteiger partial charge in [0.1, 0.15) is 5.82 Å². The first-order chi connectivity index (χ1) is 11.5. The van der Waals surface area contributed by atoms with Crippen LogP contribution in [0, 0.1) is 5.41 Å². The third-order valence-electron chi connectivity index (χ3n) is 5.10. The number of carbonyl (C=O) groups is 2. The van der Waals surface area contributed by atoms with Crippen LogP contribution in [0.4, 0.5) is 0 Å². The molecule has 7 nitrogen and oxygen atoms in total. The van der Waals surface area contributed by atoms with E-state index in [4.69, 9.17) is 11.6 Å². The Morgan fingerprint density at radius 1 is 1.38 bits per heavy atom. The average molecular weight is 354 g/mol. The summed E-state index contributed by atoms with van der Waals surface area (Å²) in [5.41, 5.74) is -0.349. The third kappa shape index (κ3) is 3.41. The summed E-state index contributed by atoms with van der Waals surface area (Å²) in [4.78, 5) is 33.1. The van der Waals surface area contributed by atoms with Crippen molar-refractivity contribution < 1.29 is 9.59 Å². The molecule has 132 valence electrons. The summed E-state index contributed by atoms with van der Waals surface area (Å²) in [6.45, 7) is 4.99. The molecule has 2 saturated heterocycles. The monoisotopic (exact) mass is 353 g/mol. The second kappa shape index (κ2) is 7.09. The highest BCUT2D eigenvalue weighted by Gasteiger charge is 2.48. The predicted molar refractivity (Wildman–Crippen MR) is 89.4 cm³/mol. The third-order valence-corrected chi connectivity index (χ3v) is 5.27. The van der Waals surface area contributed by atoms with Crippen molar-refractivity contribution >= 4 is 23.4 Å². The number of aryl methyl sites for hydroxylation is 1. The van der Waals surface area contributed by atoms with Gasteiger partial charge < -0.3 is 9.80 Å². The van der Waals surface area contributed by atoms with Gasteiger partial charge in [0.25, 0.3) is 0 Å². The van der Waals surface area contributed by atoms with Gasteiger partial charge in [0.15, 0.2) is 0 Å². The van der Waals surface area contributed by atoms with Crippen molar-refractivity contribution in [1.29, 1.82) is 0 Å². The zero-order valence-electron chi connectivity index (χ0n) is 14.1. The number of hydrogen-bond acceptors (Lipinski definition) is 4. The summed E-state index contributed by atoms with van der Waals surface area (Å²) in [5, 5.41) is 6.63. The summed E-state index contributed by atoms with van der Waals surface area (Å²) in [6.07, 6.45) is 4.53. The lowest BCUT2D eigenvalue weighted by Crippen LogP contribution is -2.50. The number of rotatable bonds is 5. The molecule has 0 bridgehead atoms. The molecule has 1 aromatic rings. The average Bonchev–Trinajstić information content (AvgIpc) is 3.17. The topological polar surface area (TPSA) is 82.2 Å². The minimum absolute atomic E-state index is 0.0693. The number of amides is 2. The maximum Gasteiger partial charge on any atom is 0.242 e. The fourth-order valence-electron chi connectivity index (χ4n) is 3.87. The van der Waals surface area contributed by atoms with Crippen LogP contribution in [0.1, 0.15) is 44.9 Å². The number of piperidine rings is 1. The molecule has 2 aliphatic rings. The summed E-state index contributed by atoms with van der Waals surface area (Å²) in [6, 6.07) is 0. The van der Waals surface area contributed by atoms with Gasteiger partial charge in [-0.2, -0.15) is 0 Å². The van der Waals surface area contributed by atoms with E-state index in [1.165, 1.54) is 0 Å². The molecule has 1 aromatic heterocycles. The van der Waals surface area contributed by atoms with Gasteiger partial charge in [0, 0.05) is 39.0 Å². The van der Waals surface area contributed by atoms with Crippen molar-refractivity contribution in [3.05, 3.63) is 11.1 Å². The Balaban J connectivity index is 1.57. The molecular formula is C16H24ClN5O2. The van der Waals surface area contributed by atoms with Crippen molar-refractivity contribution in [2.75, 3.05) is 26.2 Å². The molecule has 0 saturated carbocycles. The van der Waals surface area contributed by atoms with Gasteiger partial charge >= 0.3 is 0 Å². The van der Waals surface area contributed by atoms with Gasteiger partial charge in [-0.1, -0.05) is 6.92 Å². The first-order valence-corrected chi connectivity index (χ1v) is 9.06. The van der Waals surface area contributed by atoms with Crippen LogP contribution in [-0.4, -0.2) is 63.0 Å². The van der Waals surface area contributed by atoms with Crippen molar-refractivity contribution in [3.8, 4) is 0 Å². The van der Waals surface area contributed by atoms with E-state index in [1.54, 1.807) is 0 Å². The van der Waals surface area contributed by atoms with Crippen molar-refractivity contribution in [2.45, 2.75) is 45.4 Å². The number of hydrogen-bond donors (Lipinski definition) is 1. The number of nitrogens with one attached hydrogen (secondary N) is 1. The first-order valence-electron chi connectivity index (χ1n) is 8.68. The molecule has 1 spiro atoms. The van der Waals surface area contributed by atoms with Gasteiger partial charge in [-0.3, -0.25) is 14.7 Å². The van der Waals surface area contributed by atoms with Gasteiger partial charge in [-0.15, -0.1) is 5.10 Å². The van der Waals surface area contributed by atoms with Crippen molar-refractivity contribution in [2.24, 2.45) is 5.41 Å². The molecule has 1 unspecified atom stereocenters. The van der Waals surface area contributed by atoms with Gasteiger partial charge in [0.05, 0.1) is 5.41 Å². The highest BCUT2D eigenvalue weighted by molar-refractivity contribution is 6.28. The number of halogens is 1. The van der Waals surface area contributed by atoms with E-state index in [9.17, 15) is 9.59 Å². The molecule has 3 heterocycles. The number of aromatic amines is 1. The highest BCUT2D eigenvalue weighted by Crippen LogP contribution is 2.40. The van der Waals surface area contributed by atoms with Crippen molar-refractivity contribution in [3.63, 3.8) is 0 Å². The maximum atomic E-state index is 12.8. The Bertz CT molecular complexity index is 617. The number of H-pyrrole nitrogens is 1. The zero-order valence-corrected chi connectivity index (χ0v) is 14.8. The Morgan fingerprint density at radius 2 is 2.21 bits per heavy atom. The molecule has 1 atom stereocenters. The predicted octanol–water partition coefficient (Wildman–Crippen LogP) is 1.64. The molecule has 2 amide bonds. The van der Waals surface area contributed by atoms with Gasteiger partial charge in [0.2, 0.25) is 17.1 Å². The van der Waals surface area contributed by atoms with E-state index in [-0.39, 0.29) is 22.5 Å². The van der Waals surface area contributed by atoms with E-state index < -0.39 is 0 Å². The Labute approximate surface area is 146 Å². The first kappa shape index (κ1) is 17.2. The molecule has 0 aromatic carbocycles. The lowest BCUT2D eigenvalue weighted by molar-refractivity contribution is -0.146. The quantitative estimate of drug-likeness (QED) is 0.872. The largest absolute Gasteiger partial charge is 0.342 e. The van der Waals surface area contributed by atoms with E-state index in [2.05, 4.69) is 22.1 Å². The molecule has 3 rings (SSSR count). The number of aromatic nitrogens is 3.